The average Bonchev–Trinajstić information content (AvgIpc) is 3.53. The van der Waals surface area contributed by atoms with Crippen molar-refractivity contribution >= 4 is 24.8 Å². The average molecular weight is 512 g/mol. The quantitative estimate of drug-likeness (QED) is 0.349. The molecule has 36 heavy (non-hydrogen) atoms. The number of nitrogens with zero attached hydrogens (tertiary/aromatic N) is 1. The summed E-state index contributed by atoms with van der Waals surface area (Å²) in [5, 5.41) is 13.8. The maximum atomic E-state index is 15.1. The number of rotatable bonds is 9. The Morgan fingerprint density at radius 1 is 1.06 bits per heavy atom. The Bertz CT molecular complexity index is 1110. The highest BCUT2D eigenvalue weighted by molar-refractivity contribution is 7.63. The maximum Gasteiger partial charge on any atom is 0.338 e. The van der Waals surface area contributed by atoms with Gasteiger partial charge < -0.3 is 25.6 Å². The highest BCUT2D eigenvalue weighted by atomic mass is 31.2. The second-order valence-electron chi connectivity index (χ2n) is 9.91. The number of nitrogens with one attached hydrogen (secondary N) is 1. The molecule has 4 rings (SSSR count). The van der Waals surface area contributed by atoms with E-state index in [4.69, 9.17) is 5.73 Å². The number of carbonyl (C=O) groups is 3. The lowest BCUT2D eigenvalue weighted by Gasteiger charge is -2.42. The number of carboxylic acids is 1. The molecule has 4 N–H and O–H groups in total. The van der Waals surface area contributed by atoms with E-state index in [1.54, 1.807) is 0 Å². The number of ketones is 1. The van der Waals surface area contributed by atoms with Gasteiger partial charge in [0.1, 0.15) is 7.14 Å². The molecule has 2 fully saturated rings. The molecule has 0 saturated carbocycles. The standard InChI is InChI=1S/C27H34N3O5P/c1-19(28)24(31)27(26(33)34)23(14-16-30(27)25(32)22-13-8-15-29-22)36(35,17-20-9-4-2-5-10-20)18-21-11-6-3-7-12-21/h2-7,9-12,19,22-23,29H,8,13-18,28H2,1H3,(H,33,34). The van der Waals surface area contributed by atoms with E-state index < -0.39 is 48.1 Å². The molecular weight excluding hydrogens is 477 g/mol. The van der Waals surface area contributed by atoms with E-state index in [1.165, 1.54) is 11.8 Å². The van der Waals surface area contributed by atoms with Gasteiger partial charge in [-0.05, 0) is 43.9 Å². The van der Waals surface area contributed by atoms with Crippen molar-refractivity contribution in [3.8, 4) is 0 Å². The first-order valence-corrected chi connectivity index (χ1v) is 14.6. The number of carboxylic acid groups (broad SMARTS) is 1. The number of hydrogen-bond donors (Lipinski definition) is 3. The van der Waals surface area contributed by atoms with Gasteiger partial charge in [-0.15, -0.1) is 0 Å². The van der Waals surface area contributed by atoms with Crippen LogP contribution in [-0.4, -0.2) is 64.0 Å². The van der Waals surface area contributed by atoms with Crippen LogP contribution in [0.1, 0.15) is 37.3 Å². The Morgan fingerprint density at radius 2 is 1.61 bits per heavy atom. The molecule has 2 heterocycles. The van der Waals surface area contributed by atoms with Crippen LogP contribution in [0.15, 0.2) is 60.7 Å². The largest absolute Gasteiger partial charge is 0.479 e. The van der Waals surface area contributed by atoms with Crippen LogP contribution in [0.5, 0.6) is 0 Å². The summed E-state index contributed by atoms with van der Waals surface area (Å²) >= 11 is 0. The summed E-state index contributed by atoms with van der Waals surface area (Å²) in [5.41, 5.74) is 4.26. The third-order valence-corrected chi connectivity index (χ3v) is 11.0. The third-order valence-electron chi connectivity index (χ3n) is 7.43. The second kappa shape index (κ2) is 10.7. The number of Topliss-reactive ketones (excluding diaryl/α,β-unsaturated/α-hetero) is 1. The zero-order valence-corrected chi connectivity index (χ0v) is 21.4. The van der Waals surface area contributed by atoms with Crippen LogP contribution in [0, 0.1) is 0 Å². The van der Waals surface area contributed by atoms with E-state index in [2.05, 4.69) is 5.32 Å². The molecular formula is C27H34N3O5P. The van der Waals surface area contributed by atoms with Crippen molar-refractivity contribution in [1.82, 2.24) is 10.2 Å². The highest BCUT2D eigenvalue weighted by Crippen LogP contribution is 2.63. The van der Waals surface area contributed by atoms with Gasteiger partial charge in [0, 0.05) is 18.9 Å². The van der Waals surface area contributed by atoms with Crippen molar-refractivity contribution in [1.29, 1.82) is 0 Å². The Morgan fingerprint density at radius 3 is 2.06 bits per heavy atom. The van der Waals surface area contributed by atoms with Gasteiger partial charge in [0.15, 0.2) is 5.78 Å². The smallest absolute Gasteiger partial charge is 0.338 e. The summed E-state index contributed by atoms with van der Waals surface area (Å²) in [4.78, 5) is 41.7. The number of carbonyl (C=O) groups excluding carboxylic acids is 2. The van der Waals surface area contributed by atoms with Gasteiger partial charge >= 0.3 is 5.97 Å². The number of likely N-dealkylation sites (tertiary alicyclic amines) is 1. The zero-order valence-electron chi connectivity index (χ0n) is 20.5. The summed E-state index contributed by atoms with van der Waals surface area (Å²) in [5.74, 6) is -2.66. The lowest BCUT2D eigenvalue weighted by molar-refractivity contribution is -0.162. The summed E-state index contributed by atoms with van der Waals surface area (Å²) < 4.78 is 15.1. The van der Waals surface area contributed by atoms with Crippen LogP contribution in [0.2, 0.25) is 0 Å². The molecule has 0 radical (unpaired) electrons. The van der Waals surface area contributed by atoms with Crippen LogP contribution in [0.25, 0.3) is 0 Å². The van der Waals surface area contributed by atoms with Crippen molar-refractivity contribution in [2.24, 2.45) is 5.73 Å². The molecule has 2 aliphatic rings. The Balaban J connectivity index is 1.86. The van der Waals surface area contributed by atoms with E-state index >= 15 is 4.57 Å². The normalized spacial score (nSPS) is 25.0. The van der Waals surface area contributed by atoms with Crippen LogP contribution < -0.4 is 11.1 Å². The maximum absolute atomic E-state index is 15.1. The van der Waals surface area contributed by atoms with Gasteiger partial charge in [0.05, 0.1) is 17.7 Å². The van der Waals surface area contributed by atoms with Crippen molar-refractivity contribution in [2.75, 3.05) is 13.1 Å². The number of nitrogens with two attached hydrogens (primary N) is 1. The van der Waals surface area contributed by atoms with Crippen molar-refractivity contribution < 1.29 is 24.1 Å². The predicted molar refractivity (Wildman–Crippen MR) is 138 cm³/mol. The molecule has 2 saturated heterocycles. The SMILES string of the molecule is CC(N)C(=O)C1(C(=O)O)C(P(=O)(Cc2ccccc2)Cc2ccccc2)CCN1C(=O)C1CCCN1. The Kier molecular flexibility index (Phi) is 7.79. The molecule has 0 aliphatic carbocycles. The van der Waals surface area contributed by atoms with Crippen molar-refractivity contribution in [2.45, 2.75) is 61.8 Å². The van der Waals surface area contributed by atoms with E-state index in [0.717, 1.165) is 17.5 Å². The number of hydrogen-bond acceptors (Lipinski definition) is 6. The second-order valence-corrected chi connectivity index (χ2v) is 13.1. The first kappa shape index (κ1) is 26.3. The van der Waals surface area contributed by atoms with Crippen LogP contribution in [0.4, 0.5) is 0 Å². The third kappa shape index (κ3) is 4.77. The summed E-state index contributed by atoms with van der Waals surface area (Å²) in [7, 11) is -3.46. The molecule has 4 unspecified atom stereocenters. The van der Waals surface area contributed by atoms with E-state index in [9.17, 15) is 19.5 Å². The van der Waals surface area contributed by atoms with Crippen molar-refractivity contribution in [3.05, 3.63) is 71.8 Å². The minimum Gasteiger partial charge on any atom is -0.479 e. The number of aliphatic carboxylic acids is 1. The van der Waals surface area contributed by atoms with Gasteiger partial charge in [0.2, 0.25) is 11.4 Å². The fourth-order valence-corrected chi connectivity index (χ4v) is 9.68. The molecule has 2 aromatic carbocycles. The van der Waals surface area contributed by atoms with Gasteiger partial charge in [-0.2, -0.15) is 0 Å². The van der Waals surface area contributed by atoms with Crippen LogP contribution in [-0.2, 0) is 31.3 Å². The molecule has 0 spiro atoms. The predicted octanol–water partition coefficient (Wildman–Crippen LogP) is 2.84. The summed E-state index contributed by atoms with van der Waals surface area (Å²) in [6.07, 6.45) is 1.75. The van der Waals surface area contributed by atoms with E-state index in [1.807, 2.05) is 60.7 Å². The number of amides is 1. The van der Waals surface area contributed by atoms with E-state index in [0.29, 0.717) is 13.0 Å². The van der Waals surface area contributed by atoms with Crippen LogP contribution >= 0.6 is 7.14 Å². The van der Waals surface area contributed by atoms with E-state index in [-0.39, 0.29) is 25.3 Å². The molecule has 4 atom stereocenters. The molecule has 192 valence electrons. The van der Waals surface area contributed by atoms with Crippen LogP contribution in [0.3, 0.4) is 0 Å². The molecule has 0 aromatic heterocycles. The molecule has 0 bridgehead atoms. The van der Waals surface area contributed by atoms with Gasteiger partial charge in [-0.25, -0.2) is 4.79 Å². The molecule has 2 aliphatic heterocycles. The van der Waals surface area contributed by atoms with Gasteiger partial charge in [0.25, 0.3) is 0 Å². The monoisotopic (exact) mass is 511 g/mol. The number of benzene rings is 2. The lowest BCUT2D eigenvalue weighted by Crippen LogP contribution is -2.68. The van der Waals surface area contributed by atoms with Gasteiger partial charge in [-0.3, -0.25) is 9.59 Å². The topological polar surface area (TPSA) is 130 Å². The highest BCUT2D eigenvalue weighted by Gasteiger charge is 2.67. The molecule has 2 aromatic rings. The molecule has 8 nitrogen and oxygen atoms in total. The minimum absolute atomic E-state index is 0.0417. The van der Waals surface area contributed by atoms with Gasteiger partial charge in [-0.1, -0.05) is 60.7 Å². The lowest BCUT2D eigenvalue weighted by atomic mass is 9.86. The fourth-order valence-electron chi connectivity index (χ4n) is 5.83. The summed E-state index contributed by atoms with van der Waals surface area (Å²) in [6.45, 7) is 2.12. The molecule has 1 amide bonds. The molecule has 9 heteroatoms. The first-order valence-electron chi connectivity index (χ1n) is 12.4. The zero-order chi connectivity index (χ0) is 25.9. The Labute approximate surface area is 211 Å². The first-order chi connectivity index (χ1) is 17.2. The minimum atomic E-state index is -3.46. The fraction of sp³-hybridized carbons (Fsp3) is 0.444. The van der Waals surface area contributed by atoms with Crippen molar-refractivity contribution in [3.63, 3.8) is 0 Å². The summed E-state index contributed by atoms with van der Waals surface area (Å²) in [6, 6.07) is 16.8. The Hall–Kier alpha value is -2.80.